The van der Waals surface area contributed by atoms with Crippen molar-refractivity contribution in [3.8, 4) is 0 Å². The van der Waals surface area contributed by atoms with Gasteiger partial charge in [0.2, 0.25) is 0 Å². The van der Waals surface area contributed by atoms with Gasteiger partial charge in [0.05, 0.1) is 0 Å². The molecule has 1 fully saturated rings. The zero-order valence-corrected chi connectivity index (χ0v) is 10.4. The molecule has 1 heterocycles. The molecular weight excluding hydrogens is 210 g/mol. The minimum atomic E-state index is -0.0187. The monoisotopic (exact) mass is 231 g/mol. The summed E-state index contributed by atoms with van der Waals surface area (Å²) in [7, 11) is 3.50. The van der Waals surface area contributed by atoms with Crippen molar-refractivity contribution in [2.75, 3.05) is 38.7 Å². The third-order valence-corrected chi connectivity index (χ3v) is 3.62. The van der Waals surface area contributed by atoms with Gasteiger partial charge < -0.3 is 15.5 Å². The van der Waals surface area contributed by atoms with E-state index in [1.807, 2.05) is 11.8 Å². The third kappa shape index (κ3) is 5.28. The van der Waals surface area contributed by atoms with E-state index in [0.717, 1.165) is 6.54 Å². The molecule has 1 rings (SSSR count). The Morgan fingerprint density at radius 3 is 2.87 bits per heavy atom. The Bertz CT molecular complexity index is 193. The molecule has 2 amide bonds. The second-order valence-electron chi connectivity index (χ2n) is 3.99. The van der Waals surface area contributed by atoms with Gasteiger partial charge in [-0.05, 0) is 18.6 Å². The summed E-state index contributed by atoms with van der Waals surface area (Å²) >= 11 is 2.01. The first-order chi connectivity index (χ1) is 7.20. The van der Waals surface area contributed by atoms with Crippen LogP contribution in [-0.2, 0) is 0 Å². The highest BCUT2D eigenvalue weighted by atomic mass is 32.2. The number of nitrogens with zero attached hydrogens (tertiary/aromatic N) is 1. The molecule has 5 heteroatoms. The Balaban J connectivity index is 1.98. The van der Waals surface area contributed by atoms with Crippen LogP contribution in [-0.4, -0.2) is 55.7 Å². The maximum absolute atomic E-state index is 11.2. The molecule has 88 valence electrons. The van der Waals surface area contributed by atoms with E-state index in [4.69, 9.17) is 0 Å². The molecular formula is C10H21N3OS. The van der Waals surface area contributed by atoms with E-state index in [-0.39, 0.29) is 6.03 Å². The quantitative estimate of drug-likeness (QED) is 0.702. The lowest BCUT2D eigenvalue weighted by molar-refractivity contribution is 0.217. The van der Waals surface area contributed by atoms with Gasteiger partial charge in [0.15, 0.2) is 0 Å². The fraction of sp³-hybridized carbons (Fsp3) is 0.900. The van der Waals surface area contributed by atoms with E-state index in [1.165, 1.54) is 24.3 Å². The van der Waals surface area contributed by atoms with E-state index in [1.54, 1.807) is 19.0 Å². The first kappa shape index (κ1) is 12.6. The predicted octanol–water partition coefficient (Wildman–Crippen LogP) is 0.743. The zero-order chi connectivity index (χ0) is 11.1. The maximum Gasteiger partial charge on any atom is 0.316 e. The first-order valence-electron chi connectivity index (χ1n) is 5.46. The van der Waals surface area contributed by atoms with Crippen LogP contribution in [0.3, 0.4) is 0 Å². The van der Waals surface area contributed by atoms with Gasteiger partial charge >= 0.3 is 6.03 Å². The van der Waals surface area contributed by atoms with Crippen LogP contribution in [0.1, 0.15) is 12.8 Å². The lowest BCUT2D eigenvalue weighted by Gasteiger charge is -2.22. The van der Waals surface area contributed by atoms with Crippen LogP contribution in [0.4, 0.5) is 4.79 Å². The predicted molar refractivity (Wildman–Crippen MR) is 65.4 cm³/mol. The van der Waals surface area contributed by atoms with Gasteiger partial charge in [-0.15, -0.1) is 0 Å². The molecule has 0 saturated carbocycles. The number of amides is 2. The highest BCUT2D eigenvalue weighted by Crippen LogP contribution is 2.16. The van der Waals surface area contributed by atoms with Crippen LogP contribution in [0.2, 0.25) is 0 Å². The van der Waals surface area contributed by atoms with Gasteiger partial charge in [0, 0.05) is 39.0 Å². The zero-order valence-electron chi connectivity index (χ0n) is 9.58. The molecule has 2 N–H and O–H groups in total. The summed E-state index contributed by atoms with van der Waals surface area (Å²) in [6.45, 7) is 1.57. The van der Waals surface area contributed by atoms with E-state index in [0.29, 0.717) is 12.6 Å². The maximum atomic E-state index is 11.2. The van der Waals surface area contributed by atoms with Gasteiger partial charge in [-0.25, -0.2) is 4.79 Å². The van der Waals surface area contributed by atoms with Crippen molar-refractivity contribution in [3.05, 3.63) is 0 Å². The van der Waals surface area contributed by atoms with Crippen LogP contribution >= 0.6 is 11.8 Å². The summed E-state index contributed by atoms with van der Waals surface area (Å²) < 4.78 is 0. The molecule has 1 aliphatic rings. The molecule has 1 atom stereocenters. The third-order valence-electron chi connectivity index (χ3n) is 2.40. The minimum Gasteiger partial charge on any atom is -0.337 e. The molecule has 0 aromatic heterocycles. The van der Waals surface area contributed by atoms with Crippen LogP contribution < -0.4 is 10.6 Å². The Labute approximate surface area is 96.2 Å². The van der Waals surface area contributed by atoms with Crippen LogP contribution in [0.25, 0.3) is 0 Å². The molecule has 0 aliphatic carbocycles. The molecule has 0 aromatic rings. The topological polar surface area (TPSA) is 44.4 Å². The van der Waals surface area contributed by atoms with Gasteiger partial charge in [-0.1, -0.05) is 0 Å². The van der Waals surface area contributed by atoms with Crippen molar-refractivity contribution >= 4 is 17.8 Å². The Kier molecular flexibility index (Phi) is 5.86. The number of urea groups is 1. The van der Waals surface area contributed by atoms with Crippen LogP contribution in [0, 0.1) is 0 Å². The first-order valence-corrected chi connectivity index (χ1v) is 6.62. The van der Waals surface area contributed by atoms with Gasteiger partial charge in [0.25, 0.3) is 0 Å². The van der Waals surface area contributed by atoms with Crippen molar-refractivity contribution in [1.29, 1.82) is 0 Å². The lowest BCUT2D eigenvalue weighted by Crippen LogP contribution is -2.42. The number of hydrogen-bond acceptors (Lipinski definition) is 3. The average Bonchev–Trinajstić information content (AvgIpc) is 2.25. The molecule has 4 nitrogen and oxygen atoms in total. The minimum absolute atomic E-state index is 0.0187. The van der Waals surface area contributed by atoms with Crippen molar-refractivity contribution in [2.45, 2.75) is 18.9 Å². The fourth-order valence-corrected chi connectivity index (χ4v) is 2.61. The SMILES string of the molecule is CN(C)C(=O)NCCNC1CCCSC1. The van der Waals surface area contributed by atoms with Crippen molar-refractivity contribution in [2.24, 2.45) is 0 Å². The molecule has 0 spiro atoms. The van der Waals surface area contributed by atoms with E-state index in [9.17, 15) is 4.79 Å². The number of nitrogens with one attached hydrogen (secondary N) is 2. The molecule has 0 aromatic carbocycles. The van der Waals surface area contributed by atoms with Crippen molar-refractivity contribution in [1.82, 2.24) is 15.5 Å². The molecule has 1 saturated heterocycles. The largest absolute Gasteiger partial charge is 0.337 e. The smallest absolute Gasteiger partial charge is 0.316 e. The summed E-state index contributed by atoms with van der Waals surface area (Å²) in [4.78, 5) is 12.7. The summed E-state index contributed by atoms with van der Waals surface area (Å²) in [6.07, 6.45) is 2.58. The Morgan fingerprint density at radius 2 is 2.27 bits per heavy atom. The molecule has 0 radical (unpaired) electrons. The van der Waals surface area contributed by atoms with Gasteiger partial charge in [-0.2, -0.15) is 11.8 Å². The van der Waals surface area contributed by atoms with E-state index >= 15 is 0 Å². The highest BCUT2D eigenvalue weighted by Gasteiger charge is 2.12. The van der Waals surface area contributed by atoms with Crippen LogP contribution in [0.15, 0.2) is 0 Å². The second kappa shape index (κ2) is 6.95. The molecule has 1 aliphatic heterocycles. The van der Waals surface area contributed by atoms with Crippen molar-refractivity contribution in [3.63, 3.8) is 0 Å². The van der Waals surface area contributed by atoms with Crippen molar-refractivity contribution < 1.29 is 4.79 Å². The standard InChI is InChI=1S/C10H21N3OS/c1-13(2)10(14)12-6-5-11-9-4-3-7-15-8-9/h9,11H,3-8H2,1-2H3,(H,12,14). The normalized spacial score (nSPS) is 21.1. The lowest BCUT2D eigenvalue weighted by atomic mass is 10.2. The number of rotatable bonds is 4. The number of carbonyl (C=O) groups is 1. The summed E-state index contributed by atoms with van der Waals surface area (Å²) in [5, 5.41) is 6.30. The molecule has 0 bridgehead atoms. The van der Waals surface area contributed by atoms with Gasteiger partial charge in [0.1, 0.15) is 0 Å². The average molecular weight is 231 g/mol. The summed E-state index contributed by atoms with van der Waals surface area (Å²) in [5.41, 5.74) is 0. The van der Waals surface area contributed by atoms with E-state index < -0.39 is 0 Å². The summed E-state index contributed by atoms with van der Waals surface area (Å²) in [5.74, 6) is 2.51. The Morgan fingerprint density at radius 1 is 1.47 bits per heavy atom. The number of thioether (sulfide) groups is 1. The van der Waals surface area contributed by atoms with Gasteiger partial charge in [-0.3, -0.25) is 0 Å². The van der Waals surface area contributed by atoms with E-state index in [2.05, 4.69) is 10.6 Å². The molecule has 15 heavy (non-hydrogen) atoms. The summed E-state index contributed by atoms with van der Waals surface area (Å²) in [6, 6.07) is 0.620. The number of hydrogen-bond donors (Lipinski definition) is 2. The highest BCUT2D eigenvalue weighted by molar-refractivity contribution is 7.99. The fourth-order valence-electron chi connectivity index (χ4n) is 1.51. The van der Waals surface area contributed by atoms with Crippen LogP contribution in [0.5, 0.6) is 0 Å². The second-order valence-corrected chi connectivity index (χ2v) is 5.14. The molecule has 1 unspecified atom stereocenters. The Hall–Kier alpha value is -0.420. The number of carbonyl (C=O) groups excluding carboxylic acids is 1.